The molecule has 7 nitrogen and oxygen atoms in total. The number of aromatic nitrogens is 4. The Morgan fingerprint density at radius 1 is 1.37 bits per heavy atom. The molecule has 2 aromatic heterocycles. The molecule has 0 unspecified atom stereocenters. The number of hydrogen-bond donors (Lipinski definition) is 1. The lowest BCUT2D eigenvalue weighted by Crippen LogP contribution is -2.24. The molecular formula is C12H12N4O3. The Morgan fingerprint density at radius 3 is 3.00 bits per heavy atom. The summed E-state index contributed by atoms with van der Waals surface area (Å²) in [5, 5.41) is 7.83. The molecule has 0 saturated carbocycles. The first kappa shape index (κ1) is 11.8. The van der Waals surface area contributed by atoms with Gasteiger partial charge in [-0.2, -0.15) is 0 Å². The van der Waals surface area contributed by atoms with Crippen molar-refractivity contribution < 1.29 is 9.47 Å². The molecule has 3 rings (SSSR count). The van der Waals surface area contributed by atoms with Crippen molar-refractivity contribution in [1.29, 1.82) is 0 Å². The van der Waals surface area contributed by atoms with Gasteiger partial charge in [0.15, 0.2) is 5.82 Å². The van der Waals surface area contributed by atoms with Gasteiger partial charge in [0.05, 0.1) is 31.6 Å². The smallest absolute Gasteiger partial charge is 0.257 e. The molecule has 0 aliphatic carbocycles. The Kier molecular flexibility index (Phi) is 2.96. The summed E-state index contributed by atoms with van der Waals surface area (Å²) in [4.78, 5) is 19.1. The number of H-pyrrole nitrogens is 1. The van der Waals surface area contributed by atoms with Crippen LogP contribution in [0.3, 0.4) is 0 Å². The Hall–Kier alpha value is -2.28. The molecule has 2 aromatic rings. The van der Waals surface area contributed by atoms with Gasteiger partial charge in [-0.25, -0.2) is 4.98 Å². The Morgan fingerprint density at radius 2 is 2.26 bits per heavy atom. The summed E-state index contributed by atoms with van der Waals surface area (Å²) in [7, 11) is 1.52. The van der Waals surface area contributed by atoms with Gasteiger partial charge in [-0.1, -0.05) is 0 Å². The first-order valence-corrected chi connectivity index (χ1v) is 5.86. The molecule has 0 atom stereocenters. The number of rotatable bonds is 2. The highest BCUT2D eigenvalue weighted by atomic mass is 16.5. The second kappa shape index (κ2) is 4.77. The molecule has 1 aliphatic rings. The van der Waals surface area contributed by atoms with E-state index >= 15 is 0 Å². The summed E-state index contributed by atoms with van der Waals surface area (Å²) >= 11 is 0. The van der Waals surface area contributed by atoms with Crippen LogP contribution >= 0.6 is 0 Å². The van der Waals surface area contributed by atoms with Crippen LogP contribution in [0.2, 0.25) is 0 Å². The molecule has 98 valence electrons. The molecule has 19 heavy (non-hydrogen) atoms. The van der Waals surface area contributed by atoms with Crippen LogP contribution in [-0.4, -0.2) is 33.9 Å². The van der Waals surface area contributed by atoms with Crippen LogP contribution in [0.5, 0.6) is 5.88 Å². The standard InChI is InChI=1S/C12H12N4O3/c1-18-10-3-2-9(15-16-10)11-13-8-4-5-19-6-7(8)12(17)14-11/h2-3H,4-6H2,1H3,(H,13,14,17). The zero-order valence-corrected chi connectivity index (χ0v) is 10.3. The summed E-state index contributed by atoms with van der Waals surface area (Å²) < 4.78 is 10.2. The maximum absolute atomic E-state index is 11.9. The van der Waals surface area contributed by atoms with Crippen molar-refractivity contribution in [3.05, 3.63) is 33.7 Å². The maximum atomic E-state index is 11.9. The van der Waals surface area contributed by atoms with Crippen LogP contribution in [0, 0.1) is 0 Å². The number of nitrogens with one attached hydrogen (secondary N) is 1. The largest absolute Gasteiger partial charge is 0.480 e. The summed E-state index contributed by atoms with van der Waals surface area (Å²) in [6.07, 6.45) is 0.635. The van der Waals surface area contributed by atoms with Crippen LogP contribution < -0.4 is 10.3 Å². The Bertz CT molecular complexity index is 651. The molecule has 0 fully saturated rings. The van der Waals surface area contributed by atoms with Gasteiger partial charge in [-0.3, -0.25) is 4.79 Å². The second-order valence-corrected chi connectivity index (χ2v) is 4.10. The van der Waals surface area contributed by atoms with E-state index in [1.807, 2.05) is 0 Å². The minimum absolute atomic E-state index is 0.183. The highest BCUT2D eigenvalue weighted by Gasteiger charge is 2.17. The van der Waals surface area contributed by atoms with Crippen molar-refractivity contribution in [1.82, 2.24) is 20.2 Å². The van der Waals surface area contributed by atoms with Crippen molar-refractivity contribution in [2.75, 3.05) is 13.7 Å². The predicted octanol–water partition coefficient (Wildman–Crippen LogP) is 0.308. The molecule has 0 radical (unpaired) electrons. The SMILES string of the molecule is COc1ccc(-c2nc3c(c(=O)[nH]2)COCC3)nn1. The number of ether oxygens (including phenoxy) is 2. The quantitative estimate of drug-likeness (QED) is 0.835. The molecule has 0 spiro atoms. The van der Waals surface area contributed by atoms with Crippen LogP contribution in [0.4, 0.5) is 0 Å². The highest BCUT2D eigenvalue weighted by Crippen LogP contribution is 2.16. The van der Waals surface area contributed by atoms with Gasteiger partial charge in [0, 0.05) is 12.5 Å². The van der Waals surface area contributed by atoms with E-state index < -0.39 is 0 Å². The van der Waals surface area contributed by atoms with E-state index in [-0.39, 0.29) is 5.56 Å². The summed E-state index contributed by atoms with van der Waals surface area (Å²) in [6, 6.07) is 3.38. The van der Waals surface area contributed by atoms with E-state index in [1.165, 1.54) is 7.11 Å². The monoisotopic (exact) mass is 260 g/mol. The third-order valence-corrected chi connectivity index (χ3v) is 2.92. The van der Waals surface area contributed by atoms with Crippen LogP contribution in [0.25, 0.3) is 11.5 Å². The Balaban J connectivity index is 2.05. The molecule has 0 saturated heterocycles. The number of methoxy groups -OCH3 is 1. The van der Waals surface area contributed by atoms with Crippen molar-refractivity contribution in [2.24, 2.45) is 0 Å². The number of aromatic amines is 1. The zero-order valence-electron chi connectivity index (χ0n) is 10.3. The van der Waals surface area contributed by atoms with Crippen LogP contribution in [-0.2, 0) is 17.8 Å². The fourth-order valence-electron chi connectivity index (χ4n) is 1.92. The average Bonchev–Trinajstić information content (AvgIpc) is 2.47. The minimum Gasteiger partial charge on any atom is -0.480 e. The van der Waals surface area contributed by atoms with Gasteiger partial charge in [0.2, 0.25) is 5.88 Å². The van der Waals surface area contributed by atoms with E-state index in [9.17, 15) is 4.79 Å². The van der Waals surface area contributed by atoms with Crippen LogP contribution in [0.15, 0.2) is 16.9 Å². The van der Waals surface area contributed by atoms with Crippen molar-refractivity contribution in [2.45, 2.75) is 13.0 Å². The fraction of sp³-hybridized carbons (Fsp3) is 0.333. The average molecular weight is 260 g/mol. The molecule has 0 bridgehead atoms. The highest BCUT2D eigenvalue weighted by molar-refractivity contribution is 5.49. The van der Waals surface area contributed by atoms with Gasteiger partial charge < -0.3 is 14.5 Å². The summed E-state index contributed by atoms with van der Waals surface area (Å²) in [5.41, 5.74) is 1.68. The summed E-state index contributed by atoms with van der Waals surface area (Å²) in [5.74, 6) is 0.832. The molecular weight excluding hydrogens is 248 g/mol. The minimum atomic E-state index is -0.183. The topological polar surface area (TPSA) is 90.0 Å². The van der Waals surface area contributed by atoms with Gasteiger partial charge in [0.25, 0.3) is 5.56 Å². The summed E-state index contributed by atoms with van der Waals surface area (Å²) in [6.45, 7) is 0.892. The van der Waals surface area contributed by atoms with Gasteiger partial charge in [-0.05, 0) is 6.07 Å². The van der Waals surface area contributed by atoms with Gasteiger partial charge in [0.1, 0.15) is 5.69 Å². The van der Waals surface area contributed by atoms with Crippen molar-refractivity contribution >= 4 is 0 Å². The number of nitrogens with zero attached hydrogens (tertiary/aromatic N) is 3. The maximum Gasteiger partial charge on any atom is 0.257 e. The molecule has 3 heterocycles. The molecule has 7 heteroatoms. The lowest BCUT2D eigenvalue weighted by atomic mass is 10.1. The molecule has 0 aromatic carbocycles. The van der Waals surface area contributed by atoms with E-state index in [2.05, 4.69) is 20.2 Å². The zero-order chi connectivity index (χ0) is 13.2. The molecule has 1 N–H and O–H groups in total. The fourth-order valence-corrected chi connectivity index (χ4v) is 1.92. The van der Waals surface area contributed by atoms with Crippen molar-refractivity contribution in [3.63, 3.8) is 0 Å². The first-order valence-electron chi connectivity index (χ1n) is 5.86. The van der Waals surface area contributed by atoms with Crippen molar-refractivity contribution in [3.8, 4) is 17.4 Å². The third kappa shape index (κ3) is 2.19. The lowest BCUT2D eigenvalue weighted by Gasteiger charge is -2.14. The normalized spacial score (nSPS) is 13.9. The van der Waals surface area contributed by atoms with E-state index in [4.69, 9.17) is 9.47 Å². The Labute approximate surface area is 108 Å². The molecule has 1 aliphatic heterocycles. The number of fused-ring (bicyclic) bond motifs is 1. The van der Waals surface area contributed by atoms with E-state index in [0.717, 1.165) is 5.69 Å². The second-order valence-electron chi connectivity index (χ2n) is 4.10. The van der Waals surface area contributed by atoms with E-state index in [0.29, 0.717) is 42.6 Å². The predicted molar refractivity (Wildman–Crippen MR) is 65.8 cm³/mol. The third-order valence-electron chi connectivity index (χ3n) is 2.92. The molecule has 0 amide bonds. The van der Waals surface area contributed by atoms with E-state index in [1.54, 1.807) is 12.1 Å². The lowest BCUT2D eigenvalue weighted by molar-refractivity contribution is 0.108. The first-order chi connectivity index (χ1) is 9.28. The van der Waals surface area contributed by atoms with Gasteiger partial charge >= 0.3 is 0 Å². The van der Waals surface area contributed by atoms with Gasteiger partial charge in [-0.15, -0.1) is 10.2 Å². The van der Waals surface area contributed by atoms with Crippen LogP contribution in [0.1, 0.15) is 11.3 Å². The number of hydrogen-bond acceptors (Lipinski definition) is 6.